The maximum Gasteiger partial charge on any atom is 0.119 e. The Bertz CT molecular complexity index is 202. The zero-order chi connectivity index (χ0) is 10.8. The first-order chi connectivity index (χ1) is 6.86. The lowest BCUT2D eigenvalue weighted by atomic mass is 10.2. The van der Waals surface area contributed by atoms with E-state index in [4.69, 9.17) is 4.74 Å². The minimum atomic E-state index is 0.368. The van der Waals surface area contributed by atoms with E-state index in [2.05, 4.69) is 13.8 Å². The van der Waals surface area contributed by atoms with Crippen LogP contribution in [0.25, 0.3) is 0 Å². The Morgan fingerprint density at radius 3 is 1.93 bits per heavy atom. The Balaban J connectivity index is 0.000000791. The summed E-state index contributed by atoms with van der Waals surface area (Å²) in [5.74, 6) is 0.978. The van der Waals surface area contributed by atoms with Crippen LogP contribution in [0.2, 0.25) is 0 Å². The minimum Gasteiger partial charge on any atom is -0.490 e. The summed E-state index contributed by atoms with van der Waals surface area (Å²) in [5, 5.41) is 0. The Kier molecular flexibility index (Phi) is 8.01. The first kappa shape index (κ1) is 13.0. The molecule has 0 heterocycles. The van der Waals surface area contributed by atoms with E-state index in [0.717, 1.165) is 18.6 Å². The molecular weight excluding hydrogens is 172 g/mol. The van der Waals surface area contributed by atoms with Crippen molar-refractivity contribution in [2.24, 2.45) is 0 Å². The maximum atomic E-state index is 5.71. The van der Waals surface area contributed by atoms with Crippen molar-refractivity contribution in [3.63, 3.8) is 0 Å². The zero-order valence-electron chi connectivity index (χ0n) is 9.79. The van der Waals surface area contributed by atoms with Gasteiger partial charge in [0.2, 0.25) is 0 Å². The molecule has 0 atom stereocenters. The topological polar surface area (TPSA) is 9.23 Å². The molecule has 1 aromatic rings. The number of benzene rings is 1. The van der Waals surface area contributed by atoms with Crippen LogP contribution in [0.5, 0.6) is 5.75 Å². The second-order valence-corrected chi connectivity index (χ2v) is 2.87. The van der Waals surface area contributed by atoms with Crippen LogP contribution < -0.4 is 4.74 Å². The standard InChI is InChI=1S/C11H16O.C2H6/c1-3-10(4-2)12-11-8-6-5-7-9-11;1-2/h5-10H,3-4H2,1-2H3;1-2H3. The zero-order valence-corrected chi connectivity index (χ0v) is 9.79. The lowest BCUT2D eigenvalue weighted by Crippen LogP contribution is -2.13. The fourth-order valence-corrected chi connectivity index (χ4v) is 1.15. The van der Waals surface area contributed by atoms with Crippen molar-refractivity contribution in [1.29, 1.82) is 0 Å². The summed E-state index contributed by atoms with van der Waals surface area (Å²) in [7, 11) is 0. The molecule has 14 heavy (non-hydrogen) atoms. The summed E-state index contributed by atoms with van der Waals surface area (Å²) in [6, 6.07) is 9.99. The number of hydrogen-bond donors (Lipinski definition) is 0. The van der Waals surface area contributed by atoms with Crippen molar-refractivity contribution >= 4 is 0 Å². The van der Waals surface area contributed by atoms with Gasteiger partial charge in [0.15, 0.2) is 0 Å². The predicted molar refractivity (Wildman–Crippen MR) is 62.8 cm³/mol. The van der Waals surface area contributed by atoms with Crippen LogP contribution in [-0.2, 0) is 0 Å². The molecule has 0 fully saturated rings. The van der Waals surface area contributed by atoms with Crippen molar-refractivity contribution in [2.75, 3.05) is 0 Å². The van der Waals surface area contributed by atoms with Crippen molar-refractivity contribution in [1.82, 2.24) is 0 Å². The summed E-state index contributed by atoms with van der Waals surface area (Å²) in [6.07, 6.45) is 2.52. The van der Waals surface area contributed by atoms with Gasteiger partial charge in [0, 0.05) is 0 Å². The highest BCUT2D eigenvalue weighted by Gasteiger charge is 2.03. The van der Waals surface area contributed by atoms with Gasteiger partial charge in [-0.15, -0.1) is 0 Å². The van der Waals surface area contributed by atoms with E-state index in [-0.39, 0.29) is 0 Å². The SMILES string of the molecule is CC.CCC(CC)Oc1ccccc1. The van der Waals surface area contributed by atoms with Crippen LogP contribution in [0.3, 0.4) is 0 Å². The van der Waals surface area contributed by atoms with Crippen molar-refractivity contribution in [3.05, 3.63) is 30.3 Å². The van der Waals surface area contributed by atoms with Gasteiger partial charge >= 0.3 is 0 Å². The van der Waals surface area contributed by atoms with E-state index in [1.807, 2.05) is 44.2 Å². The lowest BCUT2D eigenvalue weighted by Gasteiger charge is -2.14. The average Bonchev–Trinajstić information content (AvgIpc) is 2.30. The fourth-order valence-electron chi connectivity index (χ4n) is 1.15. The maximum absolute atomic E-state index is 5.71. The molecule has 0 aliphatic heterocycles. The fraction of sp³-hybridized carbons (Fsp3) is 0.538. The van der Waals surface area contributed by atoms with Crippen molar-refractivity contribution < 1.29 is 4.74 Å². The van der Waals surface area contributed by atoms with Gasteiger partial charge in [-0.1, -0.05) is 45.9 Å². The molecule has 0 N–H and O–H groups in total. The van der Waals surface area contributed by atoms with Crippen LogP contribution in [0, 0.1) is 0 Å². The highest BCUT2D eigenvalue weighted by Crippen LogP contribution is 2.13. The average molecular weight is 194 g/mol. The number of rotatable bonds is 4. The van der Waals surface area contributed by atoms with E-state index >= 15 is 0 Å². The van der Waals surface area contributed by atoms with E-state index in [1.165, 1.54) is 0 Å². The molecule has 0 bridgehead atoms. The van der Waals surface area contributed by atoms with Gasteiger partial charge in [0.05, 0.1) is 6.10 Å². The molecule has 1 aromatic carbocycles. The van der Waals surface area contributed by atoms with Gasteiger partial charge in [0.1, 0.15) is 5.75 Å². The molecule has 0 unspecified atom stereocenters. The first-order valence-corrected chi connectivity index (χ1v) is 5.58. The van der Waals surface area contributed by atoms with E-state index in [9.17, 15) is 0 Å². The Morgan fingerprint density at radius 1 is 1.00 bits per heavy atom. The summed E-state index contributed by atoms with van der Waals surface area (Å²) in [4.78, 5) is 0. The van der Waals surface area contributed by atoms with Gasteiger partial charge < -0.3 is 4.74 Å². The second-order valence-electron chi connectivity index (χ2n) is 2.87. The third-order valence-corrected chi connectivity index (χ3v) is 1.96. The smallest absolute Gasteiger partial charge is 0.119 e. The van der Waals surface area contributed by atoms with Gasteiger partial charge in [-0.05, 0) is 25.0 Å². The quantitative estimate of drug-likeness (QED) is 0.695. The minimum absolute atomic E-state index is 0.368. The summed E-state index contributed by atoms with van der Waals surface area (Å²) >= 11 is 0. The van der Waals surface area contributed by atoms with Crippen LogP contribution in [-0.4, -0.2) is 6.10 Å². The molecule has 0 spiro atoms. The van der Waals surface area contributed by atoms with Crippen LogP contribution in [0.4, 0.5) is 0 Å². The van der Waals surface area contributed by atoms with Gasteiger partial charge in [-0.25, -0.2) is 0 Å². The summed E-state index contributed by atoms with van der Waals surface area (Å²) < 4.78 is 5.71. The van der Waals surface area contributed by atoms with Gasteiger partial charge in [-0.2, -0.15) is 0 Å². The molecular formula is C13H22O. The molecule has 0 saturated heterocycles. The normalized spacial score (nSPS) is 9.21. The number of para-hydroxylation sites is 1. The largest absolute Gasteiger partial charge is 0.490 e. The monoisotopic (exact) mass is 194 g/mol. The van der Waals surface area contributed by atoms with Crippen LogP contribution in [0.15, 0.2) is 30.3 Å². The van der Waals surface area contributed by atoms with Crippen LogP contribution in [0.1, 0.15) is 40.5 Å². The number of hydrogen-bond acceptors (Lipinski definition) is 1. The molecule has 0 radical (unpaired) electrons. The van der Waals surface area contributed by atoms with Crippen molar-refractivity contribution in [3.8, 4) is 5.75 Å². The van der Waals surface area contributed by atoms with Crippen molar-refractivity contribution in [2.45, 2.75) is 46.6 Å². The third kappa shape index (κ3) is 4.90. The highest BCUT2D eigenvalue weighted by atomic mass is 16.5. The molecule has 1 rings (SSSR count). The molecule has 80 valence electrons. The van der Waals surface area contributed by atoms with E-state index in [1.54, 1.807) is 0 Å². The van der Waals surface area contributed by atoms with Crippen LogP contribution >= 0.6 is 0 Å². The number of ether oxygens (including phenoxy) is 1. The van der Waals surface area contributed by atoms with Gasteiger partial charge in [-0.3, -0.25) is 0 Å². The summed E-state index contributed by atoms with van der Waals surface area (Å²) in [5.41, 5.74) is 0. The van der Waals surface area contributed by atoms with Gasteiger partial charge in [0.25, 0.3) is 0 Å². The molecule has 0 saturated carbocycles. The third-order valence-electron chi connectivity index (χ3n) is 1.96. The molecule has 0 aliphatic carbocycles. The second kappa shape index (κ2) is 8.61. The molecule has 0 aliphatic rings. The highest BCUT2D eigenvalue weighted by molar-refractivity contribution is 5.21. The first-order valence-electron chi connectivity index (χ1n) is 5.58. The van der Waals surface area contributed by atoms with E-state index < -0.39 is 0 Å². The lowest BCUT2D eigenvalue weighted by molar-refractivity contribution is 0.193. The Morgan fingerprint density at radius 2 is 1.50 bits per heavy atom. The Labute approximate surface area is 88.1 Å². The molecule has 0 aromatic heterocycles. The molecule has 1 heteroatoms. The Hall–Kier alpha value is -0.980. The summed E-state index contributed by atoms with van der Waals surface area (Å²) in [6.45, 7) is 8.30. The predicted octanol–water partition coefficient (Wildman–Crippen LogP) is 4.28. The molecule has 0 amide bonds. The molecule has 1 nitrogen and oxygen atoms in total. The van der Waals surface area contributed by atoms with E-state index in [0.29, 0.717) is 6.10 Å².